The number of hydrogen-bond acceptors (Lipinski definition) is 4. The molecule has 7 rings (SSSR count). The zero-order valence-corrected chi connectivity index (χ0v) is 15.4. The molecule has 0 atom stereocenters. The molecule has 4 aliphatic carbocycles. The Bertz CT molecular complexity index is 954. The molecule has 4 bridgehead atoms. The fraction of sp³-hybridized carbons (Fsp3) is 0.500. The van der Waals surface area contributed by atoms with Gasteiger partial charge in [0.25, 0.3) is 11.8 Å². The SMILES string of the molecule is Cc1cc(N2C(=O)c3ccc(C45CC6CC(CC(C6)C4)C5)cc3C2=O)no1. The molecule has 5 heteroatoms. The van der Waals surface area contributed by atoms with Crippen LogP contribution in [0, 0.1) is 24.7 Å². The normalized spacial score (nSPS) is 33.8. The Balaban J connectivity index is 1.41. The first kappa shape index (κ1) is 15.6. The van der Waals surface area contributed by atoms with Gasteiger partial charge in [0.2, 0.25) is 0 Å². The Labute approximate surface area is 157 Å². The van der Waals surface area contributed by atoms with Crippen molar-refractivity contribution in [2.75, 3.05) is 4.90 Å². The van der Waals surface area contributed by atoms with Gasteiger partial charge in [-0.2, -0.15) is 0 Å². The van der Waals surface area contributed by atoms with E-state index in [1.54, 1.807) is 13.0 Å². The number of aryl methyl sites for hydroxylation is 1. The highest BCUT2D eigenvalue weighted by atomic mass is 16.5. The van der Waals surface area contributed by atoms with E-state index in [1.807, 2.05) is 12.1 Å². The maximum Gasteiger partial charge on any atom is 0.267 e. The fourth-order valence-corrected chi connectivity index (χ4v) is 6.70. The number of benzene rings is 1. The van der Waals surface area contributed by atoms with Gasteiger partial charge in [0, 0.05) is 6.07 Å². The van der Waals surface area contributed by atoms with Crippen molar-refractivity contribution in [3.8, 4) is 0 Å². The smallest absolute Gasteiger partial charge is 0.267 e. The maximum absolute atomic E-state index is 13.0. The summed E-state index contributed by atoms with van der Waals surface area (Å²) in [5.41, 5.74) is 2.48. The predicted molar refractivity (Wildman–Crippen MR) is 98.7 cm³/mol. The van der Waals surface area contributed by atoms with Crippen LogP contribution in [-0.2, 0) is 5.41 Å². The monoisotopic (exact) mass is 362 g/mol. The van der Waals surface area contributed by atoms with Gasteiger partial charge in [-0.05, 0) is 86.3 Å². The Kier molecular flexibility index (Phi) is 2.94. The van der Waals surface area contributed by atoms with E-state index in [9.17, 15) is 9.59 Å². The molecule has 2 aromatic rings. The molecule has 0 unspecified atom stereocenters. The average molecular weight is 362 g/mol. The lowest BCUT2D eigenvalue weighted by Gasteiger charge is -2.57. The molecule has 2 heterocycles. The maximum atomic E-state index is 13.0. The van der Waals surface area contributed by atoms with Gasteiger partial charge in [-0.1, -0.05) is 11.2 Å². The zero-order valence-electron chi connectivity index (χ0n) is 15.4. The van der Waals surface area contributed by atoms with Gasteiger partial charge < -0.3 is 4.52 Å². The minimum Gasteiger partial charge on any atom is -0.360 e. The molecule has 0 N–H and O–H groups in total. The third-order valence-electron chi connectivity index (χ3n) is 7.38. The Morgan fingerprint density at radius 3 is 2.19 bits per heavy atom. The van der Waals surface area contributed by atoms with Crippen molar-refractivity contribution >= 4 is 17.6 Å². The number of rotatable bonds is 2. The van der Waals surface area contributed by atoms with Crippen LogP contribution in [0.2, 0.25) is 0 Å². The van der Waals surface area contributed by atoms with Crippen LogP contribution in [0.25, 0.3) is 0 Å². The molecule has 0 radical (unpaired) electrons. The molecule has 0 spiro atoms. The number of imide groups is 1. The summed E-state index contributed by atoms with van der Waals surface area (Å²) in [4.78, 5) is 27.0. The van der Waals surface area contributed by atoms with Crippen LogP contribution in [0.4, 0.5) is 5.82 Å². The molecule has 0 saturated heterocycles. The number of aromatic nitrogens is 1. The lowest BCUT2D eigenvalue weighted by Crippen LogP contribution is -2.48. The molecule has 27 heavy (non-hydrogen) atoms. The summed E-state index contributed by atoms with van der Waals surface area (Å²) >= 11 is 0. The van der Waals surface area contributed by atoms with Crippen molar-refractivity contribution in [2.24, 2.45) is 17.8 Å². The number of carbonyl (C=O) groups excluding carboxylic acids is 2. The van der Waals surface area contributed by atoms with Crippen LogP contribution in [0.1, 0.15) is 70.6 Å². The number of anilines is 1. The van der Waals surface area contributed by atoms with Gasteiger partial charge in [-0.25, -0.2) is 4.90 Å². The Morgan fingerprint density at radius 2 is 1.59 bits per heavy atom. The van der Waals surface area contributed by atoms with E-state index in [0.717, 1.165) is 22.7 Å². The van der Waals surface area contributed by atoms with E-state index < -0.39 is 0 Å². The predicted octanol–water partition coefficient (Wildman–Crippen LogP) is 4.25. The molecule has 4 fully saturated rings. The van der Waals surface area contributed by atoms with Crippen LogP contribution >= 0.6 is 0 Å². The molecule has 5 aliphatic rings. The standard InChI is InChI=1S/C22H22N2O3/c1-12-4-19(23-27-12)24-20(25)17-3-2-16(8-18(17)21(24)26)22-9-13-5-14(10-22)7-15(6-13)11-22/h2-4,8,13-15H,5-7,9-11H2,1H3. The first-order valence-electron chi connectivity index (χ1n) is 9.99. The Morgan fingerprint density at radius 1 is 0.963 bits per heavy atom. The average Bonchev–Trinajstić information content (AvgIpc) is 3.15. The Hall–Kier alpha value is -2.43. The molecule has 1 aromatic carbocycles. The fourth-order valence-electron chi connectivity index (χ4n) is 6.70. The molecular formula is C22H22N2O3. The van der Waals surface area contributed by atoms with E-state index in [1.165, 1.54) is 44.1 Å². The second-order valence-electron chi connectivity index (χ2n) is 9.20. The van der Waals surface area contributed by atoms with Crippen molar-refractivity contribution in [1.29, 1.82) is 0 Å². The van der Waals surface area contributed by atoms with Crippen LogP contribution in [0.15, 0.2) is 28.8 Å². The van der Waals surface area contributed by atoms with Crippen LogP contribution < -0.4 is 4.90 Å². The summed E-state index contributed by atoms with van der Waals surface area (Å²) in [5.74, 6) is 2.80. The summed E-state index contributed by atoms with van der Waals surface area (Å²) in [6, 6.07) is 7.60. The van der Waals surface area contributed by atoms with Crippen molar-refractivity contribution in [3.63, 3.8) is 0 Å². The van der Waals surface area contributed by atoms with Crippen LogP contribution in [-0.4, -0.2) is 17.0 Å². The summed E-state index contributed by atoms with van der Waals surface area (Å²) in [6.45, 7) is 1.75. The molecule has 138 valence electrons. The second kappa shape index (κ2) is 5.09. The van der Waals surface area contributed by atoms with Gasteiger partial charge in [-0.3, -0.25) is 9.59 Å². The molecule has 1 aliphatic heterocycles. The van der Waals surface area contributed by atoms with Crippen molar-refractivity contribution < 1.29 is 14.1 Å². The lowest BCUT2D eigenvalue weighted by atomic mass is 9.48. The molecular weight excluding hydrogens is 340 g/mol. The first-order valence-corrected chi connectivity index (χ1v) is 9.99. The number of carbonyl (C=O) groups is 2. The number of fused-ring (bicyclic) bond motifs is 1. The van der Waals surface area contributed by atoms with Gasteiger partial charge in [0.05, 0.1) is 11.1 Å². The second-order valence-corrected chi connectivity index (χ2v) is 9.20. The van der Waals surface area contributed by atoms with Crippen LogP contribution in [0.5, 0.6) is 0 Å². The molecule has 1 aromatic heterocycles. The summed E-state index contributed by atoms with van der Waals surface area (Å²) in [7, 11) is 0. The van der Waals surface area contributed by atoms with Gasteiger partial charge in [0.1, 0.15) is 5.76 Å². The zero-order chi connectivity index (χ0) is 18.3. The van der Waals surface area contributed by atoms with Crippen molar-refractivity contribution in [3.05, 3.63) is 46.7 Å². The third kappa shape index (κ3) is 2.08. The minimum atomic E-state index is -0.305. The van der Waals surface area contributed by atoms with Crippen molar-refractivity contribution in [2.45, 2.75) is 50.9 Å². The summed E-state index contributed by atoms with van der Waals surface area (Å²) < 4.78 is 5.06. The van der Waals surface area contributed by atoms with Crippen molar-refractivity contribution in [1.82, 2.24) is 5.16 Å². The molecule has 5 nitrogen and oxygen atoms in total. The number of amides is 2. The highest BCUT2D eigenvalue weighted by Gasteiger charge is 2.52. The lowest BCUT2D eigenvalue weighted by molar-refractivity contribution is -0.00520. The van der Waals surface area contributed by atoms with E-state index in [-0.39, 0.29) is 23.0 Å². The van der Waals surface area contributed by atoms with Gasteiger partial charge in [0.15, 0.2) is 5.82 Å². The largest absolute Gasteiger partial charge is 0.360 e. The van der Waals surface area contributed by atoms with E-state index in [4.69, 9.17) is 4.52 Å². The molecule has 2 amide bonds. The minimum absolute atomic E-state index is 0.213. The quantitative estimate of drug-likeness (QED) is 0.749. The third-order valence-corrected chi connectivity index (χ3v) is 7.38. The number of nitrogens with zero attached hydrogens (tertiary/aromatic N) is 2. The van der Waals surface area contributed by atoms with Gasteiger partial charge >= 0.3 is 0 Å². The summed E-state index contributed by atoms with van der Waals surface area (Å²) in [6.07, 6.45) is 7.90. The molecule has 4 saturated carbocycles. The van der Waals surface area contributed by atoms with E-state index >= 15 is 0 Å². The van der Waals surface area contributed by atoms with Gasteiger partial charge in [-0.15, -0.1) is 0 Å². The van der Waals surface area contributed by atoms with E-state index in [2.05, 4.69) is 11.2 Å². The highest BCUT2D eigenvalue weighted by molar-refractivity contribution is 6.34. The number of hydrogen-bond donors (Lipinski definition) is 0. The summed E-state index contributed by atoms with van der Waals surface area (Å²) in [5, 5.41) is 3.87. The van der Waals surface area contributed by atoms with E-state index in [0.29, 0.717) is 16.9 Å². The highest BCUT2D eigenvalue weighted by Crippen LogP contribution is 2.60. The topological polar surface area (TPSA) is 63.4 Å². The first-order chi connectivity index (χ1) is 13.0. The van der Waals surface area contributed by atoms with Crippen LogP contribution in [0.3, 0.4) is 0 Å².